The van der Waals surface area contributed by atoms with Crippen molar-refractivity contribution in [1.82, 2.24) is 4.72 Å². The molecular weight excluding hydrogens is 146 g/mol. The molecule has 2 nitrogen and oxygen atoms in total. The van der Waals surface area contributed by atoms with E-state index in [0.717, 1.165) is 5.75 Å². The van der Waals surface area contributed by atoms with Gasteiger partial charge in [0.25, 0.3) is 0 Å². The lowest BCUT2D eigenvalue weighted by Gasteiger charge is -1.96. The first kappa shape index (κ1) is 12.5. The zero-order valence-corrected chi connectivity index (χ0v) is 8.05. The first-order valence-electron chi connectivity index (χ1n) is 3.71. The van der Waals surface area contributed by atoms with E-state index in [0.29, 0.717) is 6.42 Å². The topological polar surface area (TPSA) is 29.1 Å². The van der Waals surface area contributed by atoms with Gasteiger partial charge in [-0.15, -0.1) is 0 Å². The Morgan fingerprint density at radius 3 is 2.20 bits per heavy atom. The standard InChI is InChI=1S/C5H11NOS.C2H6/c1-3-5(7)6-8-4-2;1-2/h3-4H2,1-2H3,(H,6,7);1-2H3. The number of amides is 1. The van der Waals surface area contributed by atoms with Crippen molar-refractivity contribution in [2.24, 2.45) is 0 Å². The largest absolute Gasteiger partial charge is 0.300 e. The highest BCUT2D eigenvalue weighted by Gasteiger charge is 1.91. The maximum Gasteiger partial charge on any atom is 0.229 e. The monoisotopic (exact) mass is 163 g/mol. The van der Waals surface area contributed by atoms with Gasteiger partial charge in [0.05, 0.1) is 0 Å². The number of rotatable bonds is 3. The van der Waals surface area contributed by atoms with Gasteiger partial charge in [-0.3, -0.25) is 4.79 Å². The summed E-state index contributed by atoms with van der Waals surface area (Å²) in [6.07, 6.45) is 0.576. The second-order valence-corrected chi connectivity index (χ2v) is 2.38. The summed E-state index contributed by atoms with van der Waals surface area (Å²) < 4.78 is 2.66. The molecule has 10 heavy (non-hydrogen) atoms. The maximum atomic E-state index is 10.4. The van der Waals surface area contributed by atoms with Gasteiger partial charge in [-0.25, -0.2) is 0 Å². The van der Waals surface area contributed by atoms with Gasteiger partial charge in [0.1, 0.15) is 0 Å². The maximum absolute atomic E-state index is 10.4. The van der Waals surface area contributed by atoms with Crippen molar-refractivity contribution < 1.29 is 4.79 Å². The van der Waals surface area contributed by atoms with Crippen molar-refractivity contribution >= 4 is 17.9 Å². The molecule has 0 saturated heterocycles. The molecule has 1 N–H and O–H groups in total. The van der Waals surface area contributed by atoms with E-state index in [-0.39, 0.29) is 5.91 Å². The van der Waals surface area contributed by atoms with Crippen molar-refractivity contribution in [3.8, 4) is 0 Å². The summed E-state index contributed by atoms with van der Waals surface area (Å²) in [6.45, 7) is 7.84. The summed E-state index contributed by atoms with van der Waals surface area (Å²) in [6, 6.07) is 0. The molecule has 3 heteroatoms. The molecular formula is C7H17NOS. The summed E-state index contributed by atoms with van der Waals surface area (Å²) in [5.41, 5.74) is 0. The zero-order chi connectivity index (χ0) is 8.41. The van der Waals surface area contributed by atoms with E-state index < -0.39 is 0 Å². The number of hydrogen-bond donors (Lipinski definition) is 1. The Bertz CT molecular complexity index is 76.0. The van der Waals surface area contributed by atoms with Crippen LogP contribution in [-0.2, 0) is 4.79 Å². The van der Waals surface area contributed by atoms with Crippen molar-refractivity contribution in [2.75, 3.05) is 5.75 Å². The molecule has 0 aliphatic heterocycles. The molecule has 0 bridgehead atoms. The molecule has 0 aromatic carbocycles. The molecule has 62 valence electrons. The van der Waals surface area contributed by atoms with Crippen LogP contribution in [0.3, 0.4) is 0 Å². The Labute approximate surface area is 67.9 Å². The predicted molar refractivity (Wildman–Crippen MR) is 47.9 cm³/mol. The third-order valence-corrected chi connectivity index (χ3v) is 1.31. The van der Waals surface area contributed by atoms with Crippen LogP contribution >= 0.6 is 11.9 Å². The minimum absolute atomic E-state index is 0.108. The molecule has 0 aromatic rings. The zero-order valence-electron chi connectivity index (χ0n) is 7.23. The Kier molecular flexibility index (Phi) is 14.5. The molecule has 0 radical (unpaired) electrons. The van der Waals surface area contributed by atoms with E-state index in [9.17, 15) is 4.79 Å². The summed E-state index contributed by atoms with van der Waals surface area (Å²) in [5.74, 6) is 1.04. The van der Waals surface area contributed by atoms with Crippen LogP contribution in [0.15, 0.2) is 0 Å². The van der Waals surface area contributed by atoms with Gasteiger partial charge in [-0.1, -0.05) is 39.6 Å². The number of hydrogen-bond acceptors (Lipinski definition) is 2. The second-order valence-electron chi connectivity index (χ2n) is 1.31. The van der Waals surface area contributed by atoms with Crippen LogP contribution in [-0.4, -0.2) is 11.7 Å². The molecule has 0 aliphatic carbocycles. The van der Waals surface area contributed by atoms with Crippen LogP contribution in [0.1, 0.15) is 34.1 Å². The van der Waals surface area contributed by atoms with E-state index in [1.54, 1.807) is 0 Å². The molecule has 0 fully saturated rings. The summed E-state index contributed by atoms with van der Waals surface area (Å²) in [4.78, 5) is 10.4. The van der Waals surface area contributed by atoms with E-state index in [1.165, 1.54) is 11.9 Å². The number of carbonyl (C=O) groups excluding carboxylic acids is 1. The summed E-state index contributed by atoms with van der Waals surface area (Å²) in [7, 11) is 0. The molecule has 0 aliphatic rings. The van der Waals surface area contributed by atoms with Gasteiger partial charge >= 0.3 is 0 Å². The molecule has 0 atom stereocenters. The lowest BCUT2D eigenvalue weighted by Crippen LogP contribution is -2.13. The average Bonchev–Trinajstić information content (AvgIpc) is 2.04. The van der Waals surface area contributed by atoms with E-state index in [1.807, 2.05) is 27.7 Å². The first-order valence-corrected chi connectivity index (χ1v) is 4.70. The van der Waals surface area contributed by atoms with Gasteiger partial charge in [-0.05, 0) is 0 Å². The minimum Gasteiger partial charge on any atom is -0.300 e. The highest BCUT2D eigenvalue weighted by molar-refractivity contribution is 7.97. The molecule has 0 saturated carbocycles. The normalized spacial score (nSPS) is 7.60. The Balaban J connectivity index is 0. The van der Waals surface area contributed by atoms with E-state index in [2.05, 4.69) is 4.72 Å². The fraction of sp³-hybridized carbons (Fsp3) is 0.857. The highest BCUT2D eigenvalue weighted by atomic mass is 32.2. The number of nitrogens with one attached hydrogen (secondary N) is 1. The van der Waals surface area contributed by atoms with Gasteiger partial charge in [0.15, 0.2) is 0 Å². The Morgan fingerprint density at radius 1 is 1.40 bits per heavy atom. The van der Waals surface area contributed by atoms with Crippen LogP contribution in [0.4, 0.5) is 0 Å². The van der Waals surface area contributed by atoms with Gasteiger partial charge in [-0.2, -0.15) is 0 Å². The lowest BCUT2D eigenvalue weighted by atomic mass is 10.5. The Hall–Kier alpha value is -0.180. The molecule has 0 rings (SSSR count). The number of carbonyl (C=O) groups is 1. The Morgan fingerprint density at radius 2 is 1.90 bits per heavy atom. The van der Waals surface area contributed by atoms with Crippen molar-refractivity contribution in [3.63, 3.8) is 0 Å². The third-order valence-electron chi connectivity index (χ3n) is 0.651. The molecule has 0 unspecified atom stereocenters. The van der Waals surface area contributed by atoms with Crippen LogP contribution in [0, 0.1) is 0 Å². The highest BCUT2D eigenvalue weighted by Crippen LogP contribution is 1.90. The fourth-order valence-electron chi connectivity index (χ4n) is 0.225. The molecule has 0 heterocycles. The van der Waals surface area contributed by atoms with E-state index >= 15 is 0 Å². The summed E-state index contributed by atoms with van der Waals surface area (Å²) in [5, 5.41) is 0. The van der Waals surface area contributed by atoms with Gasteiger partial charge in [0.2, 0.25) is 5.91 Å². The molecule has 1 amide bonds. The SMILES string of the molecule is CC.CCSNC(=O)CC. The average molecular weight is 163 g/mol. The lowest BCUT2D eigenvalue weighted by molar-refractivity contribution is -0.118. The quantitative estimate of drug-likeness (QED) is 0.646. The first-order chi connectivity index (χ1) is 4.81. The van der Waals surface area contributed by atoms with Gasteiger partial charge in [0, 0.05) is 12.2 Å². The van der Waals surface area contributed by atoms with Crippen LogP contribution in [0.2, 0.25) is 0 Å². The third kappa shape index (κ3) is 10.7. The minimum atomic E-state index is 0.108. The fourth-order valence-corrected chi connectivity index (χ4v) is 0.674. The van der Waals surface area contributed by atoms with Crippen molar-refractivity contribution in [1.29, 1.82) is 0 Å². The molecule has 0 spiro atoms. The predicted octanol–water partition coefficient (Wildman–Crippen LogP) is 2.21. The summed E-state index contributed by atoms with van der Waals surface area (Å²) >= 11 is 1.44. The van der Waals surface area contributed by atoms with Crippen LogP contribution < -0.4 is 4.72 Å². The molecule has 0 aromatic heterocycles. The van der Waals surface area contributed by atoms with Crippen LogP contribution in [0.5, 0.6) is 0 Å². The van der Waals surface area contributed by atoms with Gasteiger partial charge < -0.3 is 4.72 Å². The second kappa shape index (κ2) is 11.6. The smallest absolute Gasteiger partial charge is 0.229 e. The van der Waals surface area contributed by atoms with Crippen molar-refractivity contribution in [3.05, 3.63) is 0 Å². The van der Waals surface area contributed by atoms with Crippen LogP contribution in [0.25, 0.3) is 0 Å². The van der Waals surface area contributed by atoms with Crippen molar-refractivity contribution in [2.45, 2.75) is 34.1 Å². The van der Waals surface area contributed by atoms with E-state index in [4.69, 9.17) is 0 Å².